The summed E-state index contributed by atoms with van der Waals surface area (Å²) >= 11 is 11.6. The van der Waals surface area contributed by atoms with Crippen molar-refractivity contribution < 1.29 is 8.78 Å². The van der Waals surface area contributed by atoms with Gasteiger partial charge in [-0.15, -0.1) is 0 Å². The summed E-state index contributed by atoms with van der Waals surface area (Å²) < 4.78 is 29.9. The average molecular weight is 487 g/mol. The molecular formula is C23H21ClF2N6S. The van der Waals surface area contributed by atoms with Crippen molar-refractivity contribution in [2.45, 2.75) is 26.9 Å². The van der Waals surface area contributed by atoms with Gasteiger partial charge in [0.05, 0.1) is 30.2 Å². The Morgan fingerprint density at radius 2 is 1.70 bits per heavy atom. The van der Waals surface area contributed by atoms with E-state index in [1.54, 1.807) is 35.1 Å². The lowest BCUT2D eigenvalue weighted by Crippen LogP contribution is -2.20. The Labute approximate surface area is 200 Å². The van der Waals surface area contributed by atoms with Gasteiger partial charge in [-0.05, 0) is 61.5 Å². The molecule has 0 atom stereocenters. The van der Waals surface area contributed by atoms with Crippen molar-refractivity contribution in [1.29, 1.82) is 0 Å². The Balaban J connectivity index is 1.40. The molecule has 4 rings (SSSR count). The Morgan fingerprint density at radius 1 is 0.970 bits per heavy atom. The molecule has 10 heteroatoms. The minimum absolute atomic E-state index is 0.269. The van der Waals surface area contributed by atoms with Crippen LogP contribution < -0.4 is 10.6 Å². The summed E-state index contributed by atoms with van der Waals surface area (Å²) in [6, 6.07) is 12.4. The van der Waals surface area contributed by atoms with Crippen molar-refractivity contribution in [2.75, 3.05) is 10.6 Å². The van der Waals surface area contributed by atoms with Crippen LogP contribution in [0.25, 0.3) is 0 Å². The van der Waals surface area contributed by atoms with Crippen LogP contribution in [0.5, 0.6) is 0 Å². The molecule has 0 radical (unpaired) electrons. The molecular weight excluding hydrogens is 466 g/mol. The number of nitrogens with one attached hydrogen (secondary N) is 2. The minimum Gasteiger partial charge on any atom is -0.329 e. The fraction of sp³-hybridized carbons (Fsp3) is 0.174. The van der Waals surface area contributed by atoms with Crippen LogP contribution in [0.2, 0.25) is 5.02 Å². The number of thiocarbonyl (C=S) groups is 1. The Hall–Kier alpha value is -3.30. The van der Waals surface area contributed by atoms with Gasteiger partial charge in [-0.2, -0.15) is 10.2 Å². The van der Waals surface area contributed by atoms with Gasteiger partial charge in [0.25, 0.3) is 0 Å². The summed E-state index contributed by atoms with van der Waals surface area (Å²) in [6.07, 6.45) is 1.78. The first-order chi connectivity index (χ1) is 15.8. The summed E-state index contributed by atoms with van der Waals surface area (Å²) in [5, 5.41) is 16.0. The van der Waals surface area contributed by atoms with Crippen LogP contribution in [-0.4, -0.2) is 24.7 Å². The molecule has 0 amide bonds. The summed E-state index contributed by atoms with van der Waals surface area (Å²) in [6.45, 7) is 4.75. The molecule has 2 N–H and O–H groups in total. The molecule has 4 aromatic rings. The smallest absolute Gasteiger partial charge is 0.176 e. The Bertz CT molecular complexity index is 1300. The highest BCUT2D eigenvalue weighted by Crippen LogP contribution is 2.22. The number of hydrogen-bond acceptors (Lipinski definition) is 3. The van der Waals surface area contributed by atoms with Gasteiger partial charge in [0.1, 0.15) is 11.6 Å². The maximum Gasteiger partial charge on any atom is 0.176 e. The zero-order chi connectivity index (χ0) is 23.5. The maximum absolute atomic E-state index is 13.2. The SMILES string of the molecule is Cc1nn(Cc2ccc(F)cc2)c(C)c1NC(=S)Nc1ccn(Cc2ccc(F)cc2Cl)n1. The van der Waals surface area contributed by atoms with Crippen LogP contribution in [-0.2, 0) is 13.1 Å². The van der Waals surface area contributed by atoms with Crippen molar-refractivity contribution in [1.82, 2.24) is 19.6 Å². The molecule has 33 heavy (non-hydrogen) atoms. The van der Waals surface area contributed by atoms with E-state index < -0.39 is 0 Å². The van der Waals surface area contributed by atoms with Gasteiger partial charge in [0.2, 0.25) is 0 Å². The molecule has 0 fully saturated rings. The highest BCUT2D eigenvalue weighted by Gasteiger charge is 2.14. The van der Waals surface area contributed by atoms with Crippen molar-refractivity contribution in [3.05, 3.63) is 93.9 Å². The second kappa shape index (κ2) is 9.68. The van der Waals surface area contributed by atoms with Crippen LogP contribution in [0.15, 0.2) is 54.7 Å². The van der Waals surface area contributed by atoms with Crippen molar-refractivity contribution >= 4 is 40.4 Å². The Morgan fingerprint density at radius 3 is 2.42 bits per heavy atom. The van der Waals surface area contributed by atoms with E-state index in [0.717, 1.165) is 28.2 Å². The van der Waals surface area contributed by atoms with Crippen LogP contribution in [0, 0.1) is 25.5 Å². The molecule has 0 saturated carbocycles. The lowest BCUT2D eigenvalue weighted by Gasteiger charge is -2.10. The first kappa shape index (κ1) is 22.9. The number of hydrogen-bond donors (Lipinski definition) is 2. The third-order valence-electron chi connectivity index (χ3n) is 5.10. The minimum atomic E-state index is -0.380. The molecule has 2 aromatic heterocycles. The number of halogens is 3. The van der Waals surface area contributed by atoms with Gasteiger partial charge < -0.3 is 10.6 Å². The van der Waals surface area contributed by atoms with Gasteiger partial charge in [-0.25, -0.2) is 8.78 Å². The average Bonchev–Trinajstić information content (AvgIpc) is 3.31. The van der Waals surface area contributed by atoms with E-state index in [0.29, 0.717) is 29.0 Å². The molecule has 2 heterocycles. The van der Waals surface area contributed by atoms with Crippen molar-refractivity contribution in [2.24, 2.45) is 0 Å². The van der Waals surface area contributed by atoms with Gasteiger partial charge in [-0.1, -0.05) is 29.8 Å². The number of aryl methyl sites for hydroxylation is 1. The van der Waals surface area contributed by atoms with Crippen LogP contribution in [0.4, 0.5) is 20.3 Å². The van der Waals surface area contributed by atoms with Gasteiger partial charge >= 0.3 is 0 Å². The molecule has 0 spiro atoms. The number of nitrogens with zero attached hydrogens (tertiary/aromatic N) is 4. The van der Waals surface area contributed by atoms with Crippen molar-refractivity contribution in [3.63, 3.8) is 0 Å². The zero-order valence-electron chi connectivity index (χ0n) is 17.9. The molecule has 6 nitrogen and oxygen atoms in total. The van der Waals surface area contributed by atoms with Gasteiger partial charge in [-0.3, -0.25) is 9.36 Å². The van der Waals surface area contributed by atoms with Crippen molar-refractivity contribution in [3.8, 4) is 0 Å². The highest BCUT2D eigenvalue weighted by atomic mass is 35.5. The van der Waals surface area contributed by atoms with Gasteiger partial charge in [0.15, 0.2) is 10.9 Å². The predicted molar refractivity (Wildman–Crippen MR) is 130 cm³/mol. The summed E-state index contributed by atoms with van der Waals surface area (Å²) in [7, 11) is 0. The van der Waals surface area contributed by atoms with Crippen LogP contribution in [0.3, 0.4) is 0 Å². The van der Waals surface area contributed by atoms with Crippen LogP contribution in [0.1, 0.15) is 22.5 Å². The van der Waals surface area contributed by atoms with E-state index in [1.165, 1.54) is 24.3 Å². The lowest BCUT2D eigenvalue weighted by molar-refractivity contribution is 0.622. The van der Waals surface area contributed by atoms with E-state index in [2.05, 4.69) is 20.8 Å². The van der Waals surface area contributed by atoms with E-state index in [-0.39, 0.29) is 11.6 Å². The number of benzene rings is 2. The van der Waals surface area contributed by atoms with E-state index in [4.69, 9.17) is 23.8 Å². The molecule has 0 aliphatic carbocycles. The molecule has 0 aliphatic rings. The normalized spacial score (nSPS) is 10.9. The second-order valence-corrected chi connectivity index (χ2v) is 8.36. The van der Waals surface area contributed by atoms with Gasteiger partial charge in [0, 0.05) is 17.3 Å². The van der Waals surface area contributed by atoms with E-state index in [9.17, 15) is 8.78 Å². The monoisotopic (exact) mass is 486 g/mol. The number of aromatic nitrogens is 4. The second-order valence-electron chi connectivity index (χ2n) is 7.54. The first-order valence-corrected chi connectivity index (χ1v) is 10.9. The van der Waals surface area contributed by atoms with E-state index >= 15 is 0 Å². The fourth-order valence-corrected chi connectivity index (χ4v) is 3.83. The Kier molecular flexibility index (Phi) is 6.71. The van der Waals surface area contributed by atoms with E-state index in [1.807, 2.05) is 18.5 Å². The largest absolute Gasteiger partial charge is 0.329 e. The first-order valence-electron chi connectivity index (χ1n) is 10.1. The third-order valence-corrected chi connectivity index (χ3v) is 5.65. The molecule has 2 aromatic carbocycles. The summed E-state index contributed by atoms with van der Waals surface area (Å²) in [5.41, 5.74) is 4.19. The summed E-state index contributed by atoms with van der Waals surface area (Å²) in [5.74, 6) is -0.0941. The molecule has 170 valence electrons. The third kappa shape index (κ3) is 5.55. The van der Waals surface area contributed by atoms with Crippen LogP contribution >= 0.6 is 23.8 Å². The quantitative estimate of drug-likeness (QED) is 0.351. The molecule has 0 saturated heterocycles. The fourth-order valence-electron chi connectivity index (χ4n) is 3.40. The molecule has 0 unspecified atom stereocenters. The maximum atomic E-state index is 13.2. The number of anilines is 2. The summed E-state index contributed by atoms with van der Waals surface area (Å²) in [4.78, 5) is 0. The highest BCUT2D eigenvalue weighted by molar-refractivity contribution is 7.80. The zero-order valence-corrected chi connectivity index (χ0v) is 19.5. The molecule has 0 bridgehead atoms. The predicted octanol–water partition coefficient (Wildman–Crippen LogP) is 5.53. The lowest BCUT2D eigenvalue weighted by atomic mass is 10.2. The number of rotatable bonds is 6. The standard InChI is InChI=1S/C23H21ClF2N6S/c1-14-22(15(2)32(29-14)12-16-3-6-18(25)7-4-16)28-23(33)27-21-9-10-31(30-21)13-17-5-8-19(26)11-20(17)24/h3-11H,12-13H2,1-2H3,(H2,27,28,30,33). The topological polar surface area (TPSA) is 59.7 Å². The molecule has 0 aliphatic heterocycles.